The zero-order valence-corrected chi connectivity index (χ0v) is 16.0. The normalized spacial score (nSPS) is 12.5. The number of sulfone groups is 2. The number of rotatable bonds is 6. The second kappa shape index (κ2) is 6.95. The number of nitrogens with two attached hydrogens (primary N) is 1. The Morgan fingerprint density at radius 1 is 0.955 bits per heavy atom. The Morgan fingerprint density at radius 2 is 1.55 bits per heavy atom. The van der Waals surface area contributed by atoms with Crippen molar-refractivity contribution >= 4 is 53.6 Å². The molecule has 1 aromatic heterocycles. The molecule has 0 spiro atoms. The highest BCUT2D eigenvalue weighted by Gasteiger charge is 2.21. The Hall–Kier alpha value is -0.490. The van der Waals surface area contributed by atoms with E-state index in [1.165, 1.54) is 35.6 Å². The lowest BCUT2D eigenvalue weighted by molar-refractivity contribution is 0.593. The summed E-state index contributed by atoms with van der Waals surface area (Å²) in [5.74, 6) is -0.164. The Bertz CT molecular complexity index is 855. The van der Waals surface area contributed by atoms with E-state index in [1.54, 1.807) is 12.1 Å². The summed E-state index contributed by atoms with van der Waals surface area (Å²) in [6, 6.07) is 8.62. The molecule has 0 atom stereocenters. The predicted octanol–water partition coefficient (Wildman–Crippen LogP) is 2.25. The molecule has 1 heterocycles. The van der Waals surface area contributed by atoms with Gasteiger partial charge in [-0.1, -0.05) is 22.6 Å². The maximum Gasteiger partial charge on any atom is 0.215 e. The highest BCUT2D eigenvalue weighted by molar-refractivity contribution is 14.1. The molecular formula is C13H14INO4S3. The lowest BCUT2D eigenvalue weighted by Crippen LogP contribution is -2.15. The molecule has 0 bridgehead atoms. The molecule has 9 heteroatoms. The van der Waals surface area contributed by atoms with Crippen molar-refractivity contribution in [3.05, 3.63) is 41.3 Å². The summed E-state index contributed by atoms with van der Waals surface area (Å²) >= 11 is 3.39. The van der Waals surface area contributed by atoms with E-state index >= 15 is 0 Å². The SMILES string of the molecule is NCCS(=O)(=O)c1ccc(S(=O)(=O)c2ccc(CI)s2)cc1. The van der Waals surface area contributed by atoms with Crippen LogP contribution in [0.3, 0.4) is 0 Å². The van der Waals surface area contributed by atoms with Crippen molar-refractivity contribution in [3.8, 4) is 0 Å². The molecule has 0 fully saturated rings. The van der Waals surface area contributed by atoms with Gasteiger partial charge in [-0.25, -0.2) is 16.8 Å². The quantitative estimate of drug-likeness (QED) is 0.515. The molecular weight excluding hydrogens is 457 g/mol. The van der Waals surface area contributed by atoms with Gasteiger partial charge in [-0.15, -0.1) is 11.3 Å². The molecule has 2 rings (SSSR count). The van der Waals surface area contributed by atoms with E-state index in [-0.39, 0.29) is 26.3 Å². The van der Waals surface area contributed by atoms with Crippen LogP contribution in [0.1, 0.15) is 4.88 Å². The van der Waals surface area contributed by atoms with Gasteiger partial charge in [-0.3, -0.25) is 0 Å². The lowest BCUT2D eigenvalue weighted by Gasteiger charge is -2.05. The van der Waals surface area contributed by atoms with E-state index in [4.69, 9.17) is 5.73 Å². The molecule has 5 nitrogen and oxygen atoms in total. The van der Waals surface area contributed by atoms with Crippen LogP contribution in [-0.2, 0) is 24.1 Å². The molecule has 0 saturated carbocycles. The van der Waals surface area contributed by atoms with Crippen molar-refractivity contribution in [2.75, 3.05) is 12.3 Å². The maximum absolute atomic E-state index is 12.5. The lowest BCUT2D eigenvalue weighted by atomic mass is 10.4. The zero-order valence-electron chi connectivity index (χ0n) is 11.4. The first-order chi connectivity index (χ1) is 10.3. The van der Waals surface area contributed by atoms with E-state index in [2.05, 4.69) is 22.6 Å². The molecule has 2 N–H and O–H groups in total. The Kier molecular flexibility index (Phi) is 5.64. The molecule has 0 aliphatic rings. The van der Waals surface area contributed by atoms with Crippen LogP contribution >= 0.6 is 33.9 Å². The molecule has 0 aliphatic carbocycles. The average Bonchev–Trinajstić information content (AvgIpc) is 2.97. The van der Waals surface area contributed by atoms with E-state index in [0.29, 0.717) is 0 Å². The summed E-state index contributed by atoms with van der Waals surface area (Å²) in [5, 5.41) is 0. The van der Waals surface area contributed by atoms with Gasteiger partial charge in [-0.2, -0.15) is 0 Å². The zero-order chi connectivity index (χ0) is 16.4. The monoisotopic (exact) mass is 471 g/mol. The number of benzene rings is 1. The van der Waals surface area contributed by atoms with Crippen LogP contribution < -0.4 is 5.73 Å². The molecule has 0 unspecified atom stereocenters. The summed E-state index contributed by atoms with van der Waals surface area (Å²) in [6.07, 6.45) is 0. The second-order valence-electron chi connectivity index (χ2n) is 4.44. The summed E-state index contributed by atoms with van der Waals surface area (Å²) in [4.78, 5) is 1.14. The minimum atomic E-state index is -3.61. The van der Waals surface area contributed by atoms with Crippen LogP contribution in [-0.4, -0.2) is 29.1 Å². The van der Waals surface area contributed by atoms with Crippen molar-refractivity contribution in [2.45, 2.75) is 18.4 Å². The third-order valence-corrected chi connectivity index (χ3v) is 9.36. The maximum atomic E-state index is 12.5. The molecule has 0 aliphatic heterocycles. The summed E-state index contributed by atoms with van der Waals surface area (Å²) < 4.78 is 49.7. The van der Waals surface area contributed by atoms with Crippen LogP contribution in [0, 0.1) is 0 Å². The Balaban J connectivity index is 2.38. The van der Waals surface area contributed by atoms with Gasteiger partial charge >= 0.3 is 0 Å². The van der Waals surface area contributed by atoms with Crippen LogP contribution in [0.5, 0.6) is 0 Å². The largest absolute Gasteiger partial charge is 0.329 e. The van der Waals surface area contributed by atoms with E-state index < -0.39 is 19.7 Å². The fourth-order valence-electron chi connectivity index (χ4n) is 1.79. The average molecular weight is 471 g/mol. The van der Waals surface area contributed by atoms with E-state index in [0.717, 1.165) is 9.30 Å². The fraction of sp³-hybridized carbons (Fsp3) is 0.231. The van der Waals surface area contributed by atoms with Crippen molar-refractivity contribution in [2.24, 2.45) is 5.73 Å². The number of halogens is 1. The molecule has 2 aromatic rings. The van der Waals surface area contributed by atoms with E-state index in [1.807, 2.05) is 0 Å². The minimum absolute atomic E-state index is 0.0245. The van der Waals surface area contributed by atoms with Crippen molar-refractivity contribution in [1.82, 2.24) is 0 Å². The predicted molar refractivity (Wildman–Crippen MR) is 95.0 cm³/mol. The minimum Gasteiger partial charge on any atom is -0.329 e. The van der Waals surface area contributed by atoms with Gasteiger partial charge in [0.2, 0.25) is 9.84 Å². The summed E-state index contributed by atoms with van der Waals surface area (Å²) in [5.41, 5.74) is 5.27. The van der Waals surface area contributed by atoms with Gasteiger partial charge in [0.05, 0.1) is 15.5 Å². The third kappa shape index (κ3) is 3.70. The van der Waals surface area contributed by atoms with Gasteiger partial charge < -0.3 is 5.73 Å². The second-order valence-corrected chi connectivity index (χ2v) is 10.7. The Morgan fingerprint density at radius 3 is 2.05 bits per heavy atom. The van der Waals surface area contributed by atoms with Gasteiger partial charge in [0.15, 0.2) is 9.84 Å². The van der Waals surface area contributed by atoms with Crippen molar-refractivity contribution < 1.29 is 16.8 Å². The first kappa shape index (κ1) is 17.9. The highest BCUT2D eigenvalue weighted by Crippen LogP contribution is 2.29. The Labute approximate surface area is 147 Å². The van der Waals surface area contributed by atoms with Crippen LogP contribution in [0.4, 0.5) is 0 Å². The first-order valence-electron chi connectivity index (χ1n) is 6.24. The molecule has 22 heavy (non-hydrogen) atoms. The third-order valence-electron chi connectivity index (χ3n) is 2.91. The molecule has 0 saturated heterocycles. The summed E-state index contributed by atoms with van der Waals surface area (Å²) in [6.45, 7) is 0.0245. The topological polar surface area (TPSA) is 94.3 Å². The highest BCUT2D eigenvalue weighted by atomic mass is 127. The van der Waals surface area contributed by atoms with Gasteiger partial charge in [0, 0.05) is 15.8 Å². The van der Waals surface area contributed by atoms with Crippen molar-refractivity contribution in [3.63, 3.8) is 0 Å². The molecule has 0 radical (unpaired) electrons. The number of hydrogen-bond acceptors (Lipinski definition) is 6. The number of hydrogen-bond donors (Lipinski definition) is 1. The number of alkyl halides is 1. The molecule has 1 aromatic carbocycles. The van der Waals surface area contributed by atoms with Gasteiger partial charge in [0.1, 0.15) is 4.21 Å². The fourth-order valence-corrected chi connectivity index (χ4v) is 6.22. The van der Waals surface area contributed by atoms with Crippen LogP contribution in [0.25, 0.3) is 0 Å². The van der Waals surface area contributed by atoms with Crippen molar-refractivity contribution in [1.29, 1.82) is 0 Å². The first-order valence-corrected chi connectivity index (χ1v) is 11.7. The van der Waals surface area contributed by atoms with Gasteiger partial charge in [0.25, 0.3) is 0 Å². The molecule has 120 valence electrons. The van der Waals surface area contributed by atoms with Crippen LogP contribution in [0.15, 0.2) is 50.4 Å². The van der Waals surface area contributed by atoms with Gasteiger partial charge in [-0.05, 0) is 36.4 Å². The summed E-state index contributed by atoms with van der Waals surface area (Å²) in [7, 11) is -7.06. The smallest absolute Gasteiger partial charge is 0.215 e. The standard InChI is InChI=1S/C13H14INO4S3/c14-9-10-1-6-13(20-10)22(18,19)12-4-2-11(3-5-12)21(16,17)8-7-15/h1-6H,7-9,15H2. The molecule has 0 amide bonds. The van der Waals surface area contributed by atoms with Crippen LogP contribution in [0.2, 0.25) is 0 Å². The number of thiophene rings is 1. The van der Waals surface area contributed by atoms with E-state index in [9.17, 15) is 16.8 Å².